The highest BCUT2D eigenvalue weighted by molar-refractivity contribution is 5.96. The summed E-state index contributed by atoms with van der Waals surface area (Å²) in [5, 5.41) is 17.8. The molecule has 0 aliphatic carbocycles. The van der Waals surface area contributed by atoms with Crippen molar-refractivity contribution in [2.75, 3.05) is 0 Å². The Bertz CT molecular complexity index is 661. The highest BCUT2D eigenvalue weighted by Gasteiger charge is 2.48. The summed E-state index contributed by atoms with van der Waals surface area (Å²) in [6.07, 6.45) is -6.68. The van der Waals surface area contributed by atoms with Gasteiger partial charge in [-0.25, -0.2) is 9.59 Å². The Morgan fingerprint density at radius 2 is 1.81 bits per heavy atom. The number of aryl methyl sites for hydroxylation is 1. The molecule has 2 N–H and O–H groups in total. The van der Waals surface area contributed by atoms with Crippen LogP contribution in [0.2, 0.25) is 0 Å². The van der Waals surface area contributed by atoms with Gasteiger partial charge in [0.2, 0.25) is 6.10 Å². The number of aromatic carboxylic acids is 1. The molecule has 0 aromatic heterocycles. The first kappa shape index (κ1) is 14.9. The van der Waals surface area contributed by atoms with E-state index in [1.54, 1.807) is 0 Å². The number of hydrogen-bond acceptors (Lipinski definition) is 3. The highest BCUT2D eigenvalue weighted by Crippen LogP contribution is 2.39. The SMILES string of the molecule is Cc1cc(C(=O)O)cc2c1OC(C(F)(F)F)C(C(=O)O)=C2. The van der Waals surface area contributed by atoms with Crippen LogP contribution in [0.5, 0.6) is 5.75 Å². The minimum atomic E-state index is -4.89. The zero-order valence-corrected chi connectivity index (χ0v) is 10.6. The number of benzene rings is 1. The second kappa shape index (κ2) is 4.80. The van der Waals surface area contributed by atoms with E-state index >= 15 is 0 Å². The summed E-state index contributed by atoms with van der Waals surface area (Å²) in [4.78, 5) is 21.9. The molecule has 0 bridgehead atoms. The molecule has 0 fully saturated rings. The van der Waals surface area contributed by atoms with Crippen LogP contribution in [0.1, 0.15) is 21.5 Å². The third-order valence-electron chi connectivity index (χ3n) is 2.92. The first-order valence-corrected chi connectivity index (χ1v) is 5.67. The van der Waals surface area contributed by atoms with Gasteiger partial charge in [-0.1, -0.05) is 0 Å². The monoisotopic (exact) mass is 302 g/mol. The van der Waals surface area contributed by atoms with Crippen molar-refractivity contribution in [3.63, 3.8) is 0 Å². The van der Waals surface area contributed by atoms with Crippen molar-refractivity contribution in [2.24, 2.45) is 0 Å². The summed E-state index contributed by atoms with van der Waals surface area (Å²) in [6.45, 7) is 1.39. The lowest BCUT2D eigenvalue weighted by atomic mass is 9.97. The normalized spacial score (nSPS) is 17.5. The minimum Gasteiger partial charge on any atom is -0.478 e. The van der Waals surface area contributed by atoms with Crippen LogP contribution >= 0.6 is 0 Å². The van der Waals surface area contributed by atoms with E-state index < -0.39 is 29.8 Å². The molecule has 1 unspecified atom stereocenters. The zero-order valence-electron chi connectivity index (χ0n) is 10.6. The van der Waals surface area contributed by atoms with Crippen molar-refractivity contribution in [3.8, 4) is 5.75 Å². The summed E-state index contributed by atoms with van der Waals surface area (Å²) in [7, 11) is 0. The number of rotatable bonds is 2. The van der Waals surface area contributed by atoms with Crippen LogP contribution in [0.15, 0.2) is 17.7 Å². The van der Waals surface area contributed by atoms with Crippen LogP contribution < -0.4 is 4.74 Å². The van der Waals surface area contributed by atoms with Gasteiger partial charge in [0.05, 0.1) is 11.1 Å². The van der Waals surface area contributed by atoms with E-state index in [4.69, 9.17) is 14.9 Å². The second-order valence-corrected chi connectivity index (χ2v) is 4.46. The number of carboxylic acid groups (broad SMARTS) is 2. The molecular weight excluding hydrogens is 293 g/mol. The Morgan fingerprint density at radius 3 is 2.29 bits per heavy atom. The Hall–Kier alpha value is -2.51. The zero-order chi connectivity index (χ0) is 15.9. The maximum atomic E-state index is 12.9. The lowest BCUT2D eigenvalue weighted by Crippen LogP contribution is -2.40. The molecule has 0 radical (unpaired) electrons. The molecule has 0 amide bonds. The van der Waals surface area contributed by atoms with E-state index in [9.17, 15) is 22.8 Å². The van der Waals surface area contributed by atoms with Gasteiger partial charge in [0, 0.05) is 5.56 Å². The molecule has 0 saturated carbocycles. The summed E-state index contributed by atoms with van der Waals surface area (Å²) in [5.74, 6) is -3.22. The van der Waals surface area contributed by atoms with Crippen LogP contribution in [0.4, 0.5) is 13.2 Å². The molecule has 1 aliphatic heterocycles. The van der Waals surface area contributed by atoms with Crippen molar-refractivity contribution in [1.29, 1.82) is 0 Å². The van der Waals surface area contributed by atoms with Crippen molar-refractivity contribution in [1.82, 2.24) is 0 Å². The quantitative estimate of drug-likeness (QED) is 0.877. The maximum absolute atomic E-state index is 12.9. The number of halogens is 3. The molecule has 21 heavy (non-hydrogen) atoms. The fourth-order valence-corrected chi connectivity index (χ4v) is 2.03. The molecule has 112 valence electrons. The van der Waals surface area contributed by atoms with Crippen molar-refractivity contribution in [2.45, 2.75) is 19.2 Å². The topological polar surface area (TPSA) is 83.8 Å². The Morgan fingerprint density at radius 1 is 1.19 bits per heavy atom. The maximum Gasteiger partial charge on any atom is 0.430 e. The van der Waals surface area contributed by atoms with E-state index in [0.29, 0.717) is 0 Å². The largest absolute Gasteiger partial charge is 0.478 e. The number of ether oxygens (including phenoxy) is 1. The van der Waals surface area contributed by atoms with Crippen molar-refractivity contribution >= 4 is 18.0 Å². The fourth-order valence-electron chi connectivity index (χ4n) is 2.03. The number of fused-ring (bicyclic) bond motifs is 1. The van der Waals surface area contributed by atoms with Crippen LogP contribution in [-0.4, -0.2) is 34.4 Å². The number of aliphatic carboxylic acids is 1. The van der Waals surface area contributed by atoms with E-state index in [-0.39, 0.29) is 22.4 Å². The number of carbonyl (C=O) groups is 2. The first-order chi connectivity index (χ1) is 9.61. The predicted molar refractivity (Wildman–Crippen MR) is 64.2 cm³/mol. The van der Waals surface area contributed by atoms with Gasteiger partial charge in [0.15, 0.2) is 0 Å². The Labute approximate surface area is 116 Å². The second-order valence-electron chi connectivity index (χ2n) is 4.46. The summed E-state index contributed by atoms with van der Waals surface area (Å²) in [6, 6.07) is 2.23. The lowest BCUT2D eigenvalue weighted by Gasteiger charge is -2.28. The van der Waals surface area contributed by atoms with Gasteiger partial charge in [-0.3, -0.25) is 0 Å². The molecule has 2 rings (SSSR count). The highest BCUT2D eigenvalue weighted by atomic mass is 19.4. The van der Waals surface area contributed by atoms with Gasteiger partial charge in [0.1, 0.15) is 5.75 Å². The van der Waals surface area contributed by atoms with Gasteiger partial charge in [-0.05, 0) is 30.7 Å². The molecule has 1 atom stereocenters. The third-order valence-corrected chi connectivity index (χ3v) is 2.92. The lowest BCUT2D eigenvalue weighted by molar-refractivity contribution is -0.187. The van der Waals surface area contributed by atoms with Crippen molar-refractivity contribution < 1.29 is 37.7 Å². The molecule has 1 heterocycles. The van der Waals surface area contributed by atoms with E-state index in [2.05, 4.69) is 0 Å². The molecule has 0 spiro atoms. The predicted octanol–water partition coefficient (Wildman–Crippen LogP) is 2.48. The third kappa shape index (κ3) is 2.69. The van der Waals surface area contributed by atoms with E-state index in [1.807, 2.05) is 0 Å². The van der Waals surface area contributed by atoms with Crippen LogP contribution in [0, 0.1) is 6.92 Å². The summed E-state index contributed by atoms with van der Waals surface area (Å²) < 4.78 is 43.4. The van der Waals surface area contributed by atoms with Crippen LogP contribution in [-0.2, 0) is 4.79 Å². The van der Waals surface area contributed by atoms with Crippen LogP contribution in [0.25, 0.3) is 6.08 Å². The average Bonchev–Trinajstić information content (AvgIpc) is 2.35. The number of carboxylic acids is 2. The Kier molecular flexibility index (Phi) is 3.40. The van der Waals surface area contributed by atoms with Gasteiger partial charge < -0.3 is 14.9 Å². The molecule has 5 nitrogen and oxygen atoms in total. The standard InChI is InChI=1S/C13H9F3O5/c1-5-2-7(11(17)18)3-6-4-8(12(19)20)10(13(14,15)16)21-9(5)6/h2-4,10H,1H3,(H,17,18)(H,19,20). The van der Waals surface area contributed by atoms with Gasteiger partial charge in [-0.15, -0.1) is 0 Å². The number of alkyl halides is 3. The summed E-state index contributed by atoms with van der Waals surface area (Å²) >= 11 is 0. The average molecular weight is 302 g/mol. The fraction of sp³-hybridized carbons (Fsp3) is 0.231. The van der Waals surface area contributed by atoms with E-state index in [0.717, 1.165) is 18.2 Å². The van der Waals surface area contributed by atoms with Gasteiger partial charge in [0.25, 0.3) is 0 Å². The number of hydrogen-bond donors (Lipinski definition) is 2. The van der Waals surface area contributed by atoms with Crippen molar-refractivity contribution in [3.05, 3.63) is 34.4 Å². The molecule has 0 saturated heterocycles. The summed E-state index contributed by atoms with van der Waals surface area (Å²) in [5.41, 5.74) is -0.983. The first-order valence-electron chi connectivity index (χ1n) is 5.67. The molecule has 1 aromatic carbocycles. The minimum absolute atomic E-state index is 0.00898. The smallest absolute Gasteiger partial charge is 0.430 e. The molecular formula is C13H9F3O5. The van der Waals surface area contributed by atoms with Gasteiger partial charge >= 0.3 is 18.1 Å². The molecule has 1 aliphatic rings. The van der Waals surface area contributed by atoms with E-state index in [1.165, 1.54) is 6.92 Å². The molecule has 8 heteroatoms. The van der Waals surface area contributed by atoms with Gasteiger partial charge in [-0.2, -0.15) is 13.2 Å². The van der Waals surface area contributed by atoms with Crippen LogP contribution in [0.3, 0.4) is 0 Å². The Balaban J connectivity index is 2.63. The molecule has 1 aromatic rings.